The molecule has 20 heavy (non-hydrogen) atoms. The lowest BCUT2D eigenvalue weighted by atomic mass is 10.1. The maximum atomic E-state index is 12.6. The number of aromatic nitrogens is 2. The Hall–Kier alpha value is -2.26. The van der Waals surface area contributed by atoms with E-state index in [2.05, 4.69) is 0 Å². The summed E-state index contributed by atoms with van der Waals surface area (Å²) in [6, 6.07) is 16.9. The maximum absolute atomic E-state index is 12.6. The molecule has 0 saturated carbocycles. The summed E-state index contributed by atoms with van der Waals surface area (Å²) in [6.45, 7) is 0. The van der Waals surface area contributed by atoms with Gasteiger partial charge in [0.15, 0.2) is 0 Å². The summed E-state index contributed by atoms with van der Waals surface area (Å²) in [7, 11) is 1.84. The summed E-state index contributed by atoms with van der Waals surface area (Å²) in [5.74, 6) is 0. The first-order valence-corrected chi connectivity index (χ1v) is 6.64. The van der Waals surface area contributed by atoms with Crippen molar-refractivity contribution in [2.45, 2.75) is 0 Å². The fourth-order valence-electron chi connectivity index (χ4n) is 2.28. The van der Waals surface area contributed by atoms with E-state index in [9.17, 15) is 4.79 Å². The van der Waals surface area contributed by atoms with Crippen LogP contribution in [-0.4, -0.2) is 9.36 Å². The Morgan fingerprint density at radius 1 is 1.00 bits per heavy atom. The average molecular weight is 285 g/mol. The second-order valence-electron chi connectivity index (χ2n) is 4.58. The third-order valence-corrected chi connectivity index (χ3v) is 3.43. The molecule has 0 spiro atoms. The molecule has 3 nitrogen and oxygen atoms in total. The Morgan fingerprint density at radius 2 is 1.75 bits per heavy atom. The topological polar surface area (TPSA) is 26.9 Å². The van der Waals surface area contributed by atoms with Crippen LogP contribution in [0.5, 0.6) is 0 Å². The van der Waals surface area contributed by atoms with E-state index in [1.54, 1.807) is 21.5 Å². The van der Waals surface area contributed by atoms with Crippen LogP contribution in [0.25, 0.3) is 16.8 Å². The van der Waals surface area contributed by atoms with Crippen LogP contribution in [-0.2, 0) is 7.05 Å². The lowest BCUT2D eigenvalue weighted by Crippen LogP contribution is -2.19. The molecule has 0 unspecified atom stereocenters. The predicted octanol–water partition coefficient (Wildman–Crippen LogP) is 3.50. The number of aryl methyl sites for hydroxylation is 1. The van der Waals surface area contributed by atoms with Gasteiger partial charge in [0.05, 0.1) is 11.3 Å². The molecule has 0 fully saturated rings. The molecule has 0 bridgehead atoms. The summed E-state index contributed by atoms with van der Waals surface area (Å²) >= 11 is 6.00. The molecule has 0 aliphatic rings. The minimum absolute atomic E-state index is 0.0547. The van der Waals surface area contributed by atoms with E-state index in [0.717, 1.165) is 11.3 Å². The summed E-state index contributed by atoms with van der Waals surface area (Å²) < 4.78 is 3.38. The number of benzene rings is 2. The molecule has 0 aliphatic heterocycles. The third-order valence-electron chi connectivity index (χ3n) is 3.19. The Balaban J connectivity index is 2.20. The van der Waals surface area contributed by atoms with Crippen LogP contribution in [0.3, 0.4) is 0 Å². The second kappa shape index (κ2) is 5.02. The molecule has 2 aromatic carbocycles. The van der Waals surface area contributed by atoms with Crippen molar-refractivity contribution in [1.82, 2.24) is 9.36 Å². The highest BCUT2D eigenvalue weighted by Crippen LogP contribution is 2.18. The van der Waals surface area contributed by atoms with Gasteiger partial charge in [-0.25, -0.2) is 4.68 Å². The first-order valence-electron chi connectivity index (χ1n) is 6.27. The van der Waals surface area contributed by atoms with E-state index in [4.69, 9.17) is 11.6 Å². The molecule has 4 heteroatoms. The molecule has 0 aliphatic carbocycles. The van der Waals surface area contributed by atoms with Gasteiger partial charge in [-0.15, -0.1) is 0 Å². The van der Waals surface area contributed by atoms with Crippen LogP contribution in [0.2, 0.25) is 5.02 Å². The van der Waals surface area contributed by atoms with E-state index in [1.807, 2.05) is 55.7 Å². The second-order valence-corrected chi connectivity index (χ2v) is 5.02. The fraction of sp³-hybridized carbons (Fsp3) is 0.0625. The molecule has 3 aromatic rings. The van der Waals surface area contributed by atoms with Gasteiger partial charge in [-0.05, 0) is 23.8 Å². The lowest BCUT2D eigenvalue weighted by molar-refractivity contribution is 0.646. The molecule has 0 N–H and O–H groups in total. The van der Waals surface area contributed by atoms with Gasteiger partial charge in [-0.1, -0.05) is 48.0 Å². The molecule has 0 amide bonds. The van der Waals surface area contributed by atoms with Gasteiger partial charge in [0.1, 0.15) is 0 Å². The van der Waals surface area contributed by atoms with Gasteiger partial charge < -0.3 is 0 Å². The van der Waals surface area contributed by atoms with Crippen LogP contribution in [0.1, 0.15) is 0 Å². The predicted molar refractivity (Wildman–Crippen MR) is 81.5 cm³/mol. The van der Waals surface area contributed by atoms with Crippen molar-refractivity contribution in [2.24, 2.45) is 7.05 Å². The van der Waals surface area contributed by atoms with Gasteiger partial charge in [-0.3, -0.25) is 9.48 Å². The highest BCUT2D eigenvalue weighted by molar-refractivity contribution is 6.30. The minimum atomic E-state index is -0.0547. The van der Waals surface area contributed by atoms with E-state index in [-0.39, 0.29) is 5.56 Å². The summed E-state index contributed by atoms with van der Waals surface area (Å²) in [4.78, 5) is 12.6. The van der Waals surface area contributed by atoms with Crippen molar-refractivity contribution < 1.29 is 0 Å². The largest absolute Gasteiger partial charge is 0.288 e. The maximum Gasteiger partial charge on any atom is 0.279 e. The van der Waals surface area contributed by atoms with Gasteiger partial charge in [0.25, 0.3) is 5.56 Å². The number of rotatable bonds is 2. The van der Waals surface area contributed by atoms with Crippen LogP contribution < -0.4 is 5.56 Å². The van der Waals surface area contributed by atoms with Gasteiger partial charge in [-0.2, -0.15) is 0 Å². The zero-order valence-electron chi connectivity index (χ0n) is 11.0. The smallest absolute Gasteiger partial charge is 0.279 e. The van der Waals surface area contributed by atoms with Crippen molar-refractivity contribution in [3.63, 3.8) is 0 Å². The standard InChI is InChI=1S/C16H13ClN2O/c1-18-11-15(12-6-3-2-4-7-12)16(20)19(18)14-9-5-8-13(17)10-14/h2-11H,1H3. The highest BCUT2D eigenvalue weighted by atomic mass is 35.5. The van der Waals surface area contributed by atoms with Crippen molar-refractivity contribution in [1.29, 1.82) is 0 Å². The number of hydrogen-bond donors (Lipinski definition) is 0. The fourth-order valence-corrected chi connectivity index (χ4v) is 2.46. The van der Waals surface area contributed by atoms with Gasteiger partial charge in [0, 0.05) is 18.3 Å². The highest BCUT2D eigenvalue weighted by Gasteiger charge is 2.12. The van der Waals surface area contributed by atoms with Crippen LogP contribution in [0.4, 0.5) is 0 Å². The average Bonchev–Trinajstić information content (AvgIpc) is 2.75. The Labute approximate surface area is 121 Å². The quantitative estimate of drug-likeness (QED) is 0.707. The van der Waals surface area contributed by atoms with Gasteiger partial charge >= 0.3 is 0 Å². The molecular weight excluding hydrogens is 272 g/mol. The summed E-state index contributed by atoms with van der Waals surface area (Å²) in [5.41, 5.74) is 2.29. The van der Waals surface area contributed by atoms with Crippen LogP contribution in [0.15, 0.2) is 65.6 Å². The lowest BCUT2D eigenvalue weighted by Gasteiger charge is -2.06. The molecular formula is C16H13ClN2O. The summed E-state index contributed by atoms with van der Waals surface area (Å²) in [5, 5.41) is 0.608. The first kappa shape index (κ1) is 12.8. The molecule has 0 saturated heterocycles. The van der Waals surface area contributed by atoms with Crippen LogP contribution in [0, 0.1) is 0 Å². The molecule has 1 aromatic heterocycles. The number of halogens is 1. The molecule has 3 rings (SSSR count). The number of hydrogen-bond acceptors (Lipinski definition) is 1. The molecule has 100 valence electrons. The summed E-state index contributed by atoms with van der Waals surface area (Å²) in [6.07, 6.45) is 1.83. The SMILES string of the molecule is Cn1cc(-c2ccccc2)c(=O)n1-c1cccc(Cl)c1. The molecule has 1 heterocycles. The van der Waals surface area contributed by atoms with Crippen molar-refractivity contribution in [2.75, 3.05) is 0 Å². The van der Waals surface area contributed by atoms with Crippen molar-refractivity contribution >= 4 is 11.6 Å². The first-order chi connectivity index (χ1) is 9.66. The zero-order chi connectivity index (χ0) is 14.1. The van der Waals surface area contributed by atoms with Crippen molar-refractivity contribution in [3.05, 3.63) is 76.2 Å². The Morgan fingerprint density at radius 3 is 2.45 bits per heavy atom. The molecule has 0 atom stereocenters. The van der Waals surface area contributed by atoms with Gasteiger partial charge in [0.2, 0.25) is 0 Å². The number of nitrogens with zero attached hydrogens (tertiary/aromatic N) is 2. The minimum Gasteiger partial charge on any atom is -0.288 e. The third kappa shape index (κ3) is 2.17. The van der Waals surface area contributed by atoms with E-state index >= 15 is 0 Å². The Kier molecular flexibility index (Phi) is 3.20. The van der Waals surface area contributed by atoms with Crippen molar-refractivity contribution in [3.8, 4) is 16.8 Å². The normalized spacial score (nSPS) is 10.7. The van der Waals surface area contributed by atoms with Crippen LogP contribution >= 0.6 is 11.6 Å². The molecule has 0 radical (unpaired) electrons. The Bertz CT molecular complexity index is 803. The van der Waals surface area contributed by atoms with E-state index in [0.29, 0.717) is 10.6 Å². The zero-order valence-corrected chi connectivity index (χ0v) is 11.7. The van der Waals surface area contributed by atoms with E-state index in [1.165, 1.54) is 0 Å². The van der Waals surface area contributed by atoms with E-state index < -0.39 is 0 Å². The monoisotopic (exact) mass is 284 g/mol.